The van der Waals surface area contributed by atoms with Gasteiger partial charge in [0.2, 0.25) is 0 Å². The Kier molecular flexibility index (Phi) is 3.68. The highest BCUT2D eigenvalue weighted by atomic mass is 16.2. The van der Waals surface area contributed by atoms with Crippen LogP contribution in [0.4, 0.5) is 0 Å². The van der Waals surface area contributed by atoms with E-state index in [0.717, 1.165) is 18.7 Å². The summed E-state index contributed by atoms with van der Waals surface area (Å²) in [5.41, 5.74) is 1.62. The predicted octanol–water partition coefficient (Wildman–Crippen LogP) is 1.22. The molecule has 0 saturated carbocycles. The molecule has 0 atom stereocenters. The fraction of sp³-hybridized carbons (Fsp3) is 0.600. The molecule has 0 saturated heterocycles. The summed E-state index contributed by atoms with van der Waals surface area (Å²) in [5.74, 6) is -0.0402. The maximum Gasteiger partial charge on any atom is 0.269 e. The molecule has 0 aromatic carbocycles. The fourth-order valence-electron chi connectivity index (χ4n) is 1.32. The van der Waals surface area contributed by atoms with Gasteiger partial charge in [0.15, 0.2) is 0 Å². The Morgan fingerprint density at radius 2 is 2.21 bits per heavy atom. The molecule has 0 aliphatic heterocycles. The largest absolute Gasteiger partial charge is 0.351 e. The van der Waals surface area contributed by atoms with Gasteiger partial charge in [-0.05, 0) is 26.3 Å². The Hall–Kier alpha value is -1.32. The minimum absolute atomic E-state index is 0.0402. The molecule has 0 radical (unpaired) electrons. The summed E-state index contributed by atoms with van der Waals surface area (Å²) in [6, 6.07) is 1.86. The van der Waals surface area contributed by atoms with Crippen molar-refractivity contribution in [2.24, 2.45) is 0 Å². The molecule has 4 heteroatoms. The van der Waals surface area contributed by atoms with Gasteiger partial charge in [-0.3, -0.25) is 9.48 Å². The normalized spacial score (nSPS) is 10.2. The SMILES string of the molecule is CCNC(=O)c1cc(CC)nn1CC. The molecule has 14 heavy (non-hydrogen) atoms. The third-order valence-corrected chi connectivity index (χ3v) is 2.06. The lowest BCUT2D eigenvalue weighted by Gasteiger charge is -2.03. The quantitative estimate of drug-likeness (QED) is 0.785. The van der Waals surface area contributed by atoms with Crippen LogP contribution < -0.4 is 5.32 Å². The summed E-state index contributed by atoms with van der Waals surface area (Å²) in [6.07, 6.45) is 0.861. The summed E-state index contributed by atoms with van der Waals surface area (Å²) in [6.45, 7) is 7.30. The molecule has 1 aromatic rings. The van der Waals surface area contributed by atoms with Gasteiger partial charge < -0.3 is 5.32 Å². The Morgan fingerprint density at radius 1 is 1.50 bits per heavy atom. The number of aromatic nitrogens is 2. The van der Waals surface area contributed by atoms with Crippen LogP contribution in [0.2, 0.25) is 0 Å². The van der Waals surface area contributed by atoms with E-state index in [-0.39, 0.29) is 5.91 Å². The van der Waals surface area contributed by atoms with Crippen molar-refractivity contribution >= 4 is 5.91 Å². The van der Waals surface area contributed by atoms with Crippen LogP contribution >= 0.6 is 0 Å². The van der Waals surface area contributed by atoms with Gasteiger partial charge in [-0.15, -0.1) is 0 Å². The van der Waals surface area contributed by atoms with Crippen LogP contribution in [-0.4, -0.2) is 22.2 Å². The van der Waals surface area contributed by atoms with E-state index >= 15 is 0 Å². The number of aryl methyl sites for hydroxylation is 2. The molecule has 1 amide bonds. The van der Waals surface area contributed by atoms with Crippen LogP contribution in [0.1, 0.15) is 37.0 Å². The molecule has 0 aliphatic carbocycles. The van der Waals surface area contributed by atoms with Crippen molar-refractivity contribution in [1.29, 1.82) is 0 Å². The molecule has 1 N–H and O–H groups in total. The van der Waals surface area contributed by atoms with Crippen molar-refractivity contribution in [3.05, 3.63) is 17.5 Å². The van der Waals surface area contributed by atoms with Crippen LogP contribution in [0.3, 0.4) is 0 Å². The number of carbonyl (C=O) groups excluding carboxylic acids is 1. The lowest BCUT2D eigenvalue weighted by Crippen LogP contribution is -2.25. The van der Waals surface area contributed by atoms with Gasteiger partial charge in [-0.1, -0.05) is 6.92 Å². The number of amides is 1. The first-order chi connectivity index (χ1) is 6.72. The first-order valence-electron chi connectivity index (χ1n) is 5.07. The van der Waals surface area contributed by atoms with Gasteiger partial charge in [0.05, 0.1) is 5.69 Å². The number of hydrogen-bond donors (Lipinski definition) is 1. The van der Waals surface area contributed by atoms with E-state index < -0.39 is 0 Å². The van der Waals surface area contributed by atoms with Gasteiger partial charge >= 0.3 is 0 Å². The fourth-order valence-corrected chi connectivity index (χ4v) is 1.32. The van der Waals surface area contributed by atoms with E-state index in [1.165, 1.54) is 0 Å². The van der Waals surface area contributed by atoms with Crippen LogP contribution in [0, 0.1) is 0 Å². The Bertz CT molecular complexity index is 317. The monoisotopic (exact) mass is 195 g/mol. The van der Waals surface area contributed by atoms with E-state index in [0.29, 0.717) is 12.2 Å². The maximum absolute atomic E-state index is 11.6. The zero-order valence-corrected chi connectivity index (χ0v) is 9.00. The molecule has 78 valence electrons. The average molecular weight is 195 g/mol. The molecule has 0 bridgehead atoms. The Morgan fingerprint density at radius 3 is 2.71 bits per heavy atom. The van der Waals surface area contributed by atoms with Gasteiger partial charge in [-0.2, -0.15) is 5.10 Å². The minimum Gasteiger partial charge on any atom is -0.351 e. The molecular weight excluding hydrogens is 178 g/mol. The van der Waals surface area contributed by atoms with Crippen molar-refractivity contribution < 1.29 is 4.79 Å². The second-order valence-electron chi connectivity index (χ2n) is 3.05. The molecular formula is C10H17N3O. The van der Waals surface area contributed by atoms with Crippen molar-refractivity contribution in [3.63, 3.8) is 0 Å². The molecule has 0 unspecified atom stereocenters. The van der Waals surface area contributed by atoms with Gasteiger partial charge in [0.25, 0.3) is 5.91 Å². The predicted molar refractivity (Wildman–Crippen MR) is 55.3 cm³/mol. The lowest BCUT2D eigenvalue weighted by atomic mass is 10.3. The number of hydrogen-bond acceptors (Lipinski definition) is 2. The average Bonchev–Trinajstić information content (AvgIpc) is 2.61. The number of carbonyl (C=O) groups is 1. The molecule has 0 aliphatic rings. The highest BCUT2D eigenvalue weighted by molar-refractivity contribution is 5.92. The Labute approximate surface area is 84.3 Å². The molecule has 1 heterocycles. The molecule has 0 fully saturated rings. The highest BCUT2D eigenvalue weighted by Crippen LogP contribution is 2.05. The van der Waals surface area contributed by atoms with E-state index in [2.05, 4.69) is 10.4 Å². The number of rotatable bonds is 4. The topological polar surface area (TPSA) is 46.9 Å². The standard InChI is InChI=1S/C10H17N3O/c1-4-8-7-9(10(14)11-5-2)13(6-3)12-8/h7H,4-6H2,1-3H3,(H,11,14). The highest BCUT2D eigenvalue weighted by Gasteiger charge is 2.12. The van der Waals surface area contributed by atoms with Crippen LogP contribution in [-0.2, 0) is 13.0 Å². The van der Waals surface area contributed by atoms with E-state index in [4.69, 9.17) is 0 Å². The van der Waals surface area contributed by atoms with E-state index in [1.807, 2.05) is 26.8 Å². The summed E-state index contributed by atoms with van der Waals surface area (Å²) in [4.78, 5) is 11.6. The van der Waals surface area contributed by atoms with E-state index in [1.54, 1.807) is 4.68 Å². The molecule has 0 spiro atoms. The van der Waals surface area contributed by atoms with Crippen molar-refractivity contribution in [3.8, 4) is 0 Å². The van der Waals surface area contributed by atoms with Crippen LogP contribution in [0.15, 0.2) is 6.07 Å². The lowest BCUT2D eigenvalue weighted by molar-refractivity contribution is 0.0945. The first kappa shape index (κ1) is 10.8. The van der Waals surface area contributed by atoms with E-state index in [9.17, 15) is 4.79 Å². The van der Waals surface area contributed by atoms with Gasteiger partial charge in [0.1, 0.15) is 5.69 Å². The summed E-state index contributed by atoms with van der Waals surface area (Å²) in [7, 11) is 0. The molecule has 1 rings (SSSR count). The first-order valence-corrected chi connectivity index (χ1v) is 5.07. The second kappa shape index (κ2) is 4.79. The summed E-state index contributed by atoms with van der Waals surface area (Å²) < 4.78 is 1.74. The maximum atomic E-state index is 11.6. The van der Waals surface area contributed by atoms with Crippen molar-refractivity contribution in [2.75, 3.05) is 6.54 Å². The Balaban J connectivity index is 2.93. The zero-order chi connectivity index (χ0) is 10.6. The van der Waals surface area contributed by atoms with Crippen LogP contribution in [0.25, 0.3) is 0 Å². The third kappa shape index (κ3) is 2.13. The zero-order valence-electron chi connectivity index (χ0n) is 9.00. The van der Waals surface area contributed by atoms with Crippen LogP contribution in [0.5, 0.6) is 0 Å². The molecule has 1 aromatic heterocycles. The van der Waals surface area contributed by atoms with Gasteiger partial charge in [-0.25, -0.2) is 0 Å². The number of nitrogens with zero attached hydrogens (tertiary/aromatic N) is 2. The van der Waals surface area contributed by atoms with Crippen molar-refractivity contribution in [1.82, 2.24) is 15.1 Å². The minimum atomic E-state index is -0.0402. The third-order valence-electron chi connectivity index (χ3n) is 2.06. The summed E-state index contributed by atoms with van der Waals surface area (Å²) in [5, 5.41) is 7.08. The second-order valence-corrected chi connectivity index (χ2v) is 3.05. The summed E-state index contributed by atoms with van der Waals surface area (Å²) >= 11 is 0. The van der Waals surface area contributed by atoms with Gasteiger partial charge in [0, 0.05) is 13.1 Å². The smallest absolute Gasteiger partial charge is 0.269 e. The molecule has 4 nitrogen and oxygen atoms in total. The van der Waals surface area contributed by atoms with Crippen molar-refractivity contribution in [2.45, 2.75) is 33.7 Å². The number of nitrogens with one attached hydrogen (secondary N) is 1.